The Kier molecular flexibility index (Phi) is 4.63. The first-order chi connectivity index (χ1) is 6.82. The molecule has 9 heteroatoms. The summed E-state index contributed by atoms with van der Waals surface area (Å²) in [6, 6.07) is -1.08. The second-order valence-electron chi connectivity index (χ2n) is 2.64. The van der Waals surface area contributed by atoms with E-state index >= 15 is 0 Å². The average Bonchev–Trinajstić information content (AvgIpc) is 2.15. The molecule has 0 saturated carbocycles. The van der Waals surface area contributed by atoms with E-state index in [-0.39, 0.29) is 18.1 Å². The lowest BCUT2D eigenvalue weighted by atomic mass is 10.2. The van der Waals surface area contributed by atoms with Crippen molar-refractivity contribution >= 4 is 18.4 Å². The molecule has 90 valence electrons. The Balaban J connectivity index is 0.00000225. The van der Waals surface area contributed by atoms with Gasteiger partial charge in [0.25, 0.3) is 0 Å². The number of carboxylic acids is 1. The summed E-state index contributed by atoms with van der Waals surface area (Å²) in [5.74, 6) is -1.46. The van der Waals surface area contributed by atoms with Gasteiger partial charge >= 0.3 is 12.1 Å². The van der Waals surface area contributed by atoms with Crippen LogP contribution in [-0.2, 0) is 11.0 Å². The Morgan fingerprint density at radius 2 is 2.00 bits per heavy atom. The minimum absolute atomic E-state index is 0. The van der Waals surface area contributed by atoms with Crippen molar-refractivity contribution in [3.63, 3.8) is 0 Å². The van der Waals surface area contributed by atoms with Crippen LogP contribution in [0.1, 0.15) is 17.4 Å². The van der Waals surface area contributed by atoms with E-state index in [4.69, 9.17) is 10.8 Å². The summed E-state index contributed by atoms with van der Waals surface area (Å²) >= 11 is 0. The summed E-state index contributed by atoms with van der Waals surface area (Å²) in [6.07, 6.45) is -4.02. The van der Waals surface area contributed by atoms with Gasteiger partial charge in [-0.25, -0.2) is 9.97 Å². The fraction of sp³-hybridized carbons (Fsp3) is 0.286. The Bertz CT molecular complexity index is 385. The highest BCUT2D eigenvalue weighted by molar-refractivity contribution is 5.85. The van der Waals surface area contributed by atoms with Crippen LogP contribution in [-0.4, -0.2) is 21.0 Å². The first-order valence-corrected chi connectivity index (χ1v) is 3.70. The van der Waals surface area contributed by atoms with E-state index in [2.05, 4.69) is 9.97 Å². The lowest BCUT2D eigenvalue weighted by molar-refractivity contribution is -0.142. The van der Waals surface area contributed by atoms with E-state index in [1.807, 2.05) is 0 Å². The first-order valence-electron chi connectivity index (χ1n) is 3.70. The van der Waals surface area contributed by atoms with Crippen LogP contribution in [0.15, 0.2) is 12.4 Å². The zero-order valence-corrected chi connectivity index (χ0v) is 8.42. The molecule has 1 heterocycles. The van der Waals surface area contributed by atoms with Gasteiger partial charge in [0, 0.05) is 0 Å². The number of aliphatic carboxylic acids is 1. The molecule has 0 radical (unpaired) electrons. The smallest absolute Gasteiger partial charge is 0.433 e. The van der Waals surface area contributed by atoms with Crippen LogP contribution < -0.4 is 5.73 Å². The van der Waals surface area contributed by atoms with E-state index in [9.17, 15) is 18.0 Å². The lowest BCUT2D eigenvalue weighted by Crippen LogP contribution is -2.23. The first kappa shape index (κ1) is 14.6. The van der Waals surface area contributed by atoms with Gasteiger partial charge in [-0.2, -0.15) is 13.2 Å². The average molecular weight is 258 g/mol. The highest BCUT2D eigenvalue weighted by atomic mass is 35.5. The van der Waals surface area contributed by atoms with Crippen LogP contribution >= 0.6 is 12.4 Å². The van der Waals surface area contributed by atoms with Gasteiger partial charge in [-0.05, 0) is 6.07 Å². The molecule has 1 unspecified atom stereocenters. The molecule has 0 bridgehead atoms. The number of carboxylic acid groups (broad SMARTS) is 1. The summed E-state index contributed by atoms with van der Waals surface area (Å²) in [5.41, 5.74) is 3.49. The number of nitrogens with zero attached hydrogens (tertiary/aromatic N) is 2. The molecular weight excluding hydrogens is 251 g/mol. The van der Waals surface area contributed by atoms with Crippen molar-refractivity contribution in [1.82, 2.24) is 9.97 Å². The topological polar surface area (TPSA) is 89.1 Å². The normalized spacial score (nSPS) is 12.8. The van der Waals surface area contributed by atoms with Crippen LogP contribution in [0.25, 0.3) is 0 Å². The highest BCUT2D eigenvalue weighted by Gasteiger charge is 2.33. The maximum Gasteiger partial charge on any atom is 0.433 e. The molecule has 16 heavy (non-hydrogen) atoms. The summed E-state index contributed by atoms with van der Waals surface area (Å²) in [7, 11) is 0. The van der Waals surface area contributed by atoms with E-state index in [1.165, 1.54) is 0 Å². The molecule has 1 aromatic rings. The molecule has 0 spiro atoms. The molecule has 1 aromatic heterocycles. The van der Waals surface area contributed by atoms with Gasteiger partial charge in [0.05, 0.1) is 5.69 Å². The van der Waals surface area contributed by atoms with Crippen molar-refractivity contribution in [3.8, 4) is 0 Å². The van der Waals surface area contributed by atoms with Crippen molar-refractivity contribution in [2.75, 3.05) is 0 Å². The van der Waals surface area contributed by atoms with E-state index in [0.717, 1.165) is 0 Å². The fourth-order valence-electron chi connectivity index (χ4n) is 0.824. The third kappa shape index (κ3) is 3.31. The molecule has 0 amide bonds. The Morgan fingerprint density at radius 1 is 1.44 bits per heavy atom. The fourth-order valence-corrected chi connectivity index (χ4v) is 0.824. The monoisotopic (exact) mass is 257 g/mol. The Labute approximate surface area is 93.9 Å². The largest absolute Gasteiger partial charge is 0.480 e. The minimum Gasteiger partial charge on any atom is -0.480 e. The zero-order valence-electron chi connectivity index (χ0n) is 7.60. The van der Waals surface area contributed by atoms with Crippen LogP contribution in [0.3, 0.4) is 0 Å². The second kappa shape index (κ2) is 5.08. The molecule has 3 N–H and O–H groups in total. The minimum atomic E-state index is -4.64. The number of alkyl halides is 3. The van der Waals surface area contributed by atoms with Crippen molar-refractivity contribution in [1.29, 1.82) is 0 Å². The summed E-state index contributed by atoms with van der Waals surface area (Å²) in [6.45, 7) is 0. The quantitative estimate of drug-likeness (QED) is 0.825. The predicted molar refractivity (Wildman–Crippen MR) is 48.8 cm³/mol. The number of nitrogens with two attached hydrogens (primary N) is 1. The SMILES string of the molecule is Cl.NC(C(=O)O)c1cc(C(F)(F)F)ncn1. The number of hydrogen-bond acceptors (Lipinski definition) is 4. The van der Waals surface area contributed by atoms with E-state index in [1.54, 1.807) is 0 Å². The van der Waals surface area contributed by atoms with Gasteiger partial charge in [0.1, 0.15) is 18.1 Å². The molecule has 0 aliphatic heterocycles. The van der Waals surface area contributed by atoms with Crippen LogP contribution in [0.5, 0.6) is 0 Å². The van der Waals surface area contributed by atoms with Crippen molar-refractivity contribution in [3.05, 3.63) is 23.8 Å². The van der Waals surface area contributed by atoms with Gasteiger partial charge in [-0.1, -0.05) is 0 Å². The summed E-state index contributed by atoms with van der Waals surface area (Å²) in [5, 5.41) is 8.46. The second-order valence-corrected chi connectivity index (χ2v) is 2.64. The van der Waals surface area contributed by atoms with Gasteiger partial charge in [0.15, 0.2) is 0 Å². The Hall–Kier alpha value is -1.41. The predicted octanol–water partition coefficient (Wildman–Crippen LogP) is 1.00. The summed E-state index contributed by atoms with van der Waals surface area (Å²) in [4.78, 5) is 16.7. The molecule has 1 atom stereocenters. The molecule has 0 fully saturated rings. The van der Waals surface area contributed by atoms with E-state index in [0.29, 0.717) is 12.4 Å². The standard InChI is InChI=1S/C7H6F3N3O2.ClH/c8-7(9,10)4-1-3(12-2-13-4)5(11)6(14)15;/h1-2,5H,11H2,(H,14,15);1H. The van der Waals surface area contributed by atoms with Gasteiger partial charge in [-0.3, -0.25) is 4.79 Å². The van der Waals surface area contributed by atoms with Crippen molar-refractivity contribution in [2.45, 2.75) is 12.2 Å². The van der Waals surface area contributed by atoms with E-state index < -0.39 is 23.9 Å². The molecule has 5 nitrogen and oxygen atoms in total. The molecule has 0 aliphatic rings. The molecule has 0 aliphatic carbocycles. The number of carbonyl (C=O) groups is 1. The third-order valence-electron chi connectivity index (χ3n) is 1.56. The molecular formula is C7H7ClF3N3O2. The molecule has 1 rings (SSSR count). The Morgan fingerprint density at radius 3 is 2.44 bits per heavy atom. The number of halogens is 4. The molecule has 0 aromatic carbocycles. The maximum atomic E-state index is 12.2. The third-order valence-corrected chi connectivity index (χ3v) is 1.56. The van der Waals surface area contributed by atoms with Gasteiger partial charge < -0.3 is 10.8 Å². The van der Waals surface area contributed by atoms with Crippen molar-refractivity contribution in [2.24, 2.45) is 5.73 Å². The van der Waals surface area contributed by atoms with Crippen LogP contribution in [0, 0.1) is 0 Å². The number of hydrogen-bond donors (Lipinski definition) is 2. The number of rotatable bonds is 2. The lowest BCUT2D eigenvalue weighted by Gasteiger charge is -2.08. The number of aromatic nitrogens is 2. The highest BCUT2D eigenvalue weighted by Crippen LogP contribution is 2.27. The maximum absolute atomic E-state index is 12.2. The van der Waals surface area contributed by atoms with Gasteiger partial charge in [0.2, 0.25) is 0 Å². The van der Waals surface area contributed by atoms with Crippen LogP contribution in [0.2, 0.25) is 0 Å². The molecule has 0 saturated heterocycles. The summed E-state index contributed by atoms with van der Waals surface area (Å²) < 4.78 is 36.5. The van der Waals surface area contributed by atoms with Crippen molar-refractivity contribution < 1.29 is 23.1 Å². The van der Waals surface area contributed by atoms with Crippen LogP contribution in [0.4, 0.5) is 13.2 Å². The zero-order chi connectivity index (χ0) is 11.6. The van der Waals surface area contributed by atoms with Gasteiger partial charge in [-0.15, -0.1) is 12.4 Å².